The van der Waals surface area contributed by atoms with Crippen LogP contribution in [0.3, 0.4) is 0 Å². The van der Waals surface area contributed by atoms with Gasteiger partial charge >= 0.3 is 21.7 Å². The Balaban J connectivity index is 2.00. The summed E-state index contributed by atoms with van der Waals surface area (Å²) in [5.74, 6) is 0. The van der Waals surface area contributed by atoms with Crippen LogP contribution in [0.4, 0.5) is 0 Å². The zero-order valence-electron chi connectivity index (χ0n) is 12.6. The molecule has 1 aliphatic rings. The molecule has 3 atom stereocenters. The van der Waals surface area contributed by atoms with Crippen LogP contribution >= 0.6 is 28.2 Å². The molecule has 3 unspecified atom stereocenters. The van der Waals surface area contributed by atoms with E-state index in [0.717, 1.165) is 0 Å². The van der Waals surface area contributed by atoms with E-state index in [1.165, 1.54) is 10.8 Å². The summed E-state index contributed by atoms with van der Waals surface area (Å²) in [5.41, 5.74) is -0.208. The first-order valence-electron chi connectivity index (χ1n) is 6.87. The Morgan fingerprint density at radius 2 is 2.12 bits per heavy atom. The number of aromatic amines is 1. The molecule has 1 fully saturated rings. The van der Waals surface area contributed by atoms with Crippen LogP contribution in [-0.4, -0.2) is 46.9 Å². The Bertz CT molecular complexity index is 774. The summed E-state index contributed by atoms with van der Waals surface area (Å²) in [6, 6.07) is 0. The van der Waals surface area contributed by atoms with E-state index in [0.29, 0.717) is 18.4 Å². The number of nitrogens with zero attached hydrogens (tertiary/aromatic N) is 1. The molecule has 0 amide bonds. The second kappa shape index (κ2) is 7.99. The van der Waals surface area contributed by atoms with Crippen LogP contribution in [0, 0.1) is 4.64 Å². The predicted molar refractivity (Wildman–Crippen MR) is 85.4 cm³/mol. The van der Waals surface area contributed by atoms with Crippen molar-refractivity contribution >= 4 is 28.2 Å². The van der Waals surface area contributed by atoms with Gasteiger partial charge in [-0.3, -0.25) is 14.1 Å². The second-order valence-corrected chi connectivity index (χ2v) is 8.41. The first-order valence-corrected chi connectivity index (χ1v) is 10.3. The zero-order chi connectivity index (χ0) is 18.8. The van der Waals surface area contributed by atoms with Crippen LogP contribution in [0.15, 0.2) is 11.0 Å². The molecule has 6 N–H and O–H groups in total. The largest absolute Gasteiger partial charge is 0.577 e. The minimum Gasteiger partial charge on any atom is -0.392 e. The van der Waals surface area contributed by atoms with Crippen LogP contribution in [0.25, 0.3) is 0 Å². The van der Waals surface area contributed by atoms with Crippen LogP contribution in [-0.2, 0) is 24.7 Å². The molecule has 0 radical (unpaired) electrons. The molecule has 1 saturated heterocycles. The summed E-state index contributed by atoms with van der Waals surface area (Å²) >= 11 is 4.90. The highest BCUT2D eigenvalue weighted by Gasteiger charge is 2.46. The number of aliphatic hydroxyl groups excluding tert-OH is 1. The van der Waals surface area contributed by atoms with Crippen molar-refractivity contribution in [3.05, 3.63) is 26.9 Å². The van der Waals surface area contributed by atoms with Crippen molar-refractivity contribution in [1.82, 2.24) is 9.55 Å². The highest BCUT2D eigenvalue weighted by molar-refractivity contribution is 7.71. The van der Waals surface area contributed by atoms with Crippen molar-refractivity contribution in [1.29, 1.82) is 0 Å². The van der Waals surface area contributed by atoms with Gasteiger partial charge in [0.1, 0.15) is 10.9 Å². The van der Waals surface area contributed by atoms with Gasteiger partial charge in [-0.25, -0.2) is 9.36 Å². The molecule has 0 aliphatic carbocycles. The maximum absolute atomic E-state index is 11.9. The van der Waals surface area contributed by atoms with E-state index in [9.17, 15) is 19.4 Å². The third kappa shape index (κ3) is 5.98. The van der Waals surface area contributed by atoms with Crippen molar-refractivity contribution in [2.45, 2.75) is 31.8 Å². The van der Waals surface area contributed by atoms with Gasteiger partial charge in [-0.15, -0.1) is 0 Å². The van der Waals surface area contributed by atoms with Gasteiger partial charge in [0, 0.05) is 11.8 Å². The molecule has 2 rings (SSSR count). The van der Waals surface area contributed by atoms with Gasteiger partial charge in [-0.1, -0.05) is 12.2 Å². The van der Waals surface area contributed by atoms with Crippen molar-refractivity contribution in [3.63, 3.8) is 0 Å². The lowest BCUT2D eigenvalue weighted by atomic mass is 10.2. The number of hydrogen-bond donors (Lipinski definition) is 6. The SMILES string of the molecule is O=c1[nH]c(=S)c(CO)cn1C1CCC(COP(=O)(O)O[P+](O)(O)O)O1. The third-order valence-electron chi connectivity index (χ3n) is 3.24. The predicted octanol–water partition coefficient (Wildman–Crippen LogP) is -0.136. The van der Waals surface area contributed by atoms with E-state index >= 15 is 0 Å². The Hall–Kier alpha value is -0.560. The fraction of sp³-hybridized carbons (Fsp3) is 0.600. The van der Waals surface area contributed by atoms with E-state index < -0.39 is 40.6 Å². The molecule has 25 heavy (non-hydrogen) atoms. The Labute approximate surface area is 146 Å². The molecule has 1 aromatic heterocycles. The topological polar surface area (TPSA) is 184 Å². The van der Waals surface area contributed by atoms with E-state index in [-0.39, 0.29) is 11.2 Å². The molecule has 1 aromatic rings. The number of aliphatic hydroxyl groups is 1. The maximum atomic E-state index is 11.9. The Morgan fingerprint density at radius 3 is 2.72 bits per heavy atom. The summed E-state index contributed by atoms with van der Waals surface area (Å²) in [4.78, 5) is 49.5. The summed E-state index contributed by atoms with van der Waals surface area (Å²) in [5, 5.41) is 9.20. The monoisotopic (exact) mass is 419 g/mol. The van der Waals surface area contributed by atoms with E-state index in [2.05, 4.69) is 13.8 Å². The first-order chi connectivity index (χ1) is 11.5. The average molecular weight is 419 g/mol. The quantitative estimate of drug-likeness (QED) is 0.255. The van der Waals surface area contributed by atoms with Gasteiger partial charge < -0.3 is 14.7 Å². The zero-order valence-corrected chi connectivity index (χ0v) is 15.2. The van der Waals surface area contributed by atoms with Crippen molar-refractivity contribution in [2.24, 2.45) is 0 Å². The van der Waals surface area contributed by atoms with Crippen LogP contribution < -0.4 is 5.69 Å². The molecule has 12 nitrogen and oxygen atoms in total. The van der Waals surface area contributed by atoms with E-state index in [1.54, 1.807) is 0 Å². The van der Waals surface area contributed by atoms with Gasteiger partial charge in [0.25, 0.3) is 0 Å². The van der Waals surface area contributed by atoms with Crippen molar-refractivity contribution in [3.8, 4) is 0 Å². The lowest BCUT2D eigenvalue weighted by Crippen LogP contribution is -2.28. The minimum atomic E-state index is -4.94. The number of phosphoric acid groups is 1. The maximum Gasteiger partial charge on any atom is 0.577 e. The molecule has 15 heteroatoms. The van der Waals surface area contributed by atoms with Gasteiger partial charge in [-0.2, -0.15) is 14.7 Å². The molecular weight excluding hydrogens is 402 g/mol. The molecular formula is C10H17N2O10P2S+. The normalized spacial score (nSPS) is 23.6. The number of ether oxygens (including phenoxy) is 1. The minimum absolute atomic E-state index is 0.115. The van der Waals surface area contributed by atoms with Gasteiger partial charge in [-0.05, 0) is 17.2 Å². The highest BCUT2D eigenvalue weighted by atomic mass is 32.1. The van der Waals surface area contributed by atoms with Gasteiger partial charge in [0.05, 0.1) is 19.3 Å². The fourth-order valence-electron chi connectivity index (χ4n) is 2.21. The number of phosphoric ester groups is 1. The smallest absolute Gasteiger partial charge is 0.392 e. The summed E-state index contributed by atoms with van der Waals surface area (Å²) < 4.78 is 26.6. The Morgan fingerprint density at radius 1 is 1.44 bits per heavy atom. The Kier molecular flexibility index (Phi) is 6.63. The molecule has 0 saturated carbocycles. The average Bonchev–Trinajstić information content (AvgIpc) is 2.92. The van der Waals surface area contributed by atoms with Crippen LogP contribution in [0.5, 0.6) is 0 Å². The molecule has 1 aliphatic heterocycles. The second-order valence-electron chi connectivity index (χ2n) is 5.13. The standard InChI is InChI=1S/C10H16N2O10P2S/c13-4-6-3-12(10(14)11-9(6)25)8-2-1-7(21-8)5-20-24(18,19)22-23(15,16)17/h3,7-8,13,15-17H,1-2,4-5H2,(H-,11,14,18,19,25)/p+1. The summed E-state index contributed by atoms with van der Waals surface area (Å²) in [6.45, 7) is -0.817. The number of nitrogens with one attached hydrogen (secondary N) is 1. The van der Waals surface area contributed by atoms with Crippen molar-refractivity contribution in [2.75, 3.05) is 6.61 Å². The molecule has 2 heterocycles. The van der Waals surface area contributed by atoms with Gasteiger partial charge in [0.15, 0.2) is 0 Å². The summed E-state index contributed by atoms with van der Waals surface area (Å²) in [7, 11) is -9.83. The summed E-state index contributed by atoms with van der Waals surface area (Å²) in [6.07, 6.45) is 0.690. The first kappa shape index (κ1) is 20.7. The van der Waals surface area contributed by atoms with Crippen LogP contribution in [0.1, 0.15) is 24.6 Å². The fourth-order valence-corrected chi connectivity index (χ4v) is 4.06. The number of aromatic nitrogens is 2. The highest BCUT2D eigenvalue weighted by Crippen LogP contribution is 2.62. The van der Waals surface area contributed by atoms with Gasteiger partial charge in [0.2, 0.25) is 0 Å². The number of hydrogen-bond acceptors (Lipinski definition) is 10. The molecule has 0 aromatic carbocycles. The molecule has 142 valence electrons. The molecule has 0 bridgehead atoms. The van der Waals surface area contributed by atoms with Crippen molar-refractivity contribution < 1.29 is 42.8 Å². The van der Waals surface area contributed by atoms with E-state index in [1.807, 2.05) is 0 Å². The third-order valence-corrected chi connectivity index (χ3v) is 5.78. The van der Waals surface area contributed by atoms with E-state index in [4.69, 9.17) is 31.6 Å². The number of rotatable bonds is 7. The number of H-pyrrole nitrogens is 1. The lowest BCUT2D eigenvalue weighted by molar-refractivity contribution is -0.0247. The van der Waals surface area contributed by atoms with Crippen LogP contribution in [0.2, 0.25) is 0 Å². The molecule has 0 spiro atoms. The lowest BCUT2D eigenvalue weighted by Gasteiger charge is -2.17.